The fourth-order valence-corrected chi connectivity index (χ4v) is 1.50. The standard InChI is InChI=1S/C13H20N2O4/c1-13(2,3)19-12(17)14-9-10(11(16)18-4)15-7-5-6-8-15/h5-8,10H,9H2,1-4H3,(H,14,17). The Morgan fingerprint density at radius 1 is 1.26 bits per heavy atom. The van der Waals surface area contributed by atoms with Gasteiger partial charge in [0.2, 0.25) is 0 Å². The molecule has 0 aliphatic rings. The van der Waals surface area contributed by atoms with Crippen molar-refractivity contribution in [1.82, 2.24) is 9.88 Å². The summed E-state index contributed by atoms with van der Waals surface area (Å²) in [5.74, 6) is -0.424. The molecule has 0 radical (unpaired) electrons. The second kappa shape index (κ2) is 6.26. The summed E-state index contributed by atoms with van der Waals surface area (Å²) in [6.07, 6.45) is 2.91. The first-order valence-corrected chi connectivity index (χ1v) is 6.00. The van der Waals surface area contributed by atoms with Crippen molar-refractivity contribution >= 4 is 12.1 Å². The zero-order valence-electron chi connectivity index (χ0n) is 11.7. The van der Waals surface area contributed by atoms with Crippen LogP contribution in [0.3, 0.4) is 0 Å². The zero-order valence-corrected chi connectivity index (χ0v) is 11.7. The van der Waals surface area contributed by atoms with Gasteiger partial charge in [-0.15, -0.1) is 0 Å². The van der Waals surface area contributed by atoms with Gasteiger partial charge in [-0.2, -0.15) is 0 Å². The van der Waals surface area contributed by atoms with Crippen LogP contribution in [0, 0.1) is 0 Å². The van der Waals surface area contributed by atoms with Crippen molar-refractivity contribution < 1.29 is 19.1 Å². The largest absolute Gasteiger partial charge is 0.467 e. The SMILES string of the molecule is COC(=O)C(CNC(=O)OC(C)(C)C)n1cccc1. The van der Waals surface area contributed by atoms with Crippen LogP contribution >= 0.6 is 0 Å². The van der Waals surface area contributed by atoms with Crippen molar-refractivity contribution in [3.05, 3.63) is 24.5 Å². The number of hydrogen-bond donors (Lipinski definition) is 1. The highest BCUT2D eigenvalue weighted by molar-refractivity contribution is 5.75. The molecule has 0 bridgehead atoms. The van der Waals surface area contributed by atoms with E-state index in [9.17, 15) is 9.59 Å². The Morgan fingerprint density at radius 3 is 2.32 bits per heavy atom. The maximum absolute atomic E-state index is 11.7. The van der Waals surface area contributed by atoms with Gasteiger partial charge in [0.1, 0.15) is 11.6 Å². The number of esters is 1. The highest BCUT2D eigenvalue weighted by Crippen LogP contribution is 2.10. The lowest BCUT2D eigenvalue weighted by atomic mass is 10.2. The number of methoxy groups -OCH3 is 1. The number of rotatable bonds is 4. The minimum absolute atomic E-state index is 0.107. The molecule has 6 heteroatoms. The van der Waals surface area contributed by atoms with Gasteiger partial charge in [-0.3, -0.25) is 0 Å². The van der Waals surface area contributed by atoms with E-state index in [0.717, 1.165) is 0 Å². The molecule has 1 aromatic heterocycles. The zero-order chi connectivity index (χ0) is 14.5. The minimum Gasteiger partial charge on any atom is -0.467 e. The predicted molar refractivity (Wildman–Crippen MR) is 69.7 cm³/mol. The van der Waals surface area contributed by atoms with Crippen LogP contribution in [0.2, 0.25) is 0 Å². The predicted octanol–water partition coefficient (Wildman–Crippen LogP) is 1.73. The molecule has 106 valence electrons. The van der Waals surface area contributed by atoms with Gasteiger partial charge >= 0.3 is 12.1 Å². The van der Waals surface area contributed by atoms with Crippen molar-refractivity contribution in [1.29, 1.82) is 0 Å². The fourth-order valence-electron chi connectivity index (χ4n) is 1.50. The lowest BCUT2D eigenvalue weighted by Crippen LogP contribution is -2.38. The summed E-state index contributed by atoms with van der Waals surface area (Å²) < 4.78 is 11.5. The minimum atomic E-state index is -0.604. The molecule has 1 unspecified atom stereocenters. The number of aromatic nitrogens is 1. The van der Waals surface area contributed by atoms with Crippen LogP contribution in [0.4, 0.5) is 4.79 Å². The number of alkyl carbamates (subject to hydrolysis) is 1. The third-order valence-corrected chi connectivity index (χ3v) is 2.30. The van der Waals surface area contributed by atoms with Crippen LogP contribution in [0.15, 0.2) is 24.5 Å². The lowest BCUT2D eigenvalue weighted by molar-refractivity contribution is -0.144. The average molecular weight is 268 g/mol. The van der Waals surface area contributed by atoms with E-state index in [1.165, 1.54) is 7.11 Å². The highest BCUT2D eigenvalue weighted by Gasteiger charge is 2.23. The molecule has 0 aliphatic carbocycles. The summed E-state index contributed by atoms with van der Waals surface area (Å²) in [7, 11) is 1.31. The molecule has 1 N–H and O–H groups in total. The molecule has 0 aliphatic heterocycles. The van der Waals surface area contributed by atoms with Gasteiger partial charge in [-0.1, -0.05) is 0 Å². The van der Waals surface area contributed by atoms with E-state index >= 15 is 0 Å². The molecule has 1 atom stereocenters. The Balaban J connectivity index is 2.60. The smallest absolute Gasteiger partial charge is 0.407 e. The number of hydrogen-bond acceptors (Lipinski definition) is 4. The Morgan fingerprint density at radius 2 is 1.84 bits per heavy atom. The van der Waals surface area contributed by atoms with Crippen molar-refractivity contribution in [3.63, 3.8) is 0 Å². The third kappa shape index (κ3) is 5.03. The van der Waals surface area contributed by atoms with Crippen molar-refractivity contribution in [2.75, 3.05) is 13.7 Å². The number of carbonyl (C=O) groups is 2. The summed E-state index contributed by atoms with van der Waals surface area (Å²) in [6.45, 7) is 5.43. The quantitative estimate of drug-likeness (QED) is 0.844. The van der Waals surface area contributed by atoms with Gasteiger partial charge in [0, 0.05) is 12.4 Å². The van der Waals surface area contributed by atoms with Crippen LogP contribution in [-0.2, 0) is 14.3 Å². The van der Waals surface area contributed by atoms with Crippen LogP contribution in [-0.4, -0.2) is 35.9 Å². The van der Waals surface area contributed by atoms with Gasteiger partial charge in [0.25, 0.3) is 0 Å². The maximum Gasteiger partial charge on any atom is 0.407 e. The molecule has 0 fully saturated rings. The normalized spacial score (nSPS) is 12.6. The van der Waals surface area contributed by atoms with Crippen LogP contribution in [0.25, 0.3) is 0 Å². The molecule has 6 nitrogen and oxygen atoms in total. The third-order valence-electron chi connectivity index (χ3n) is 2.30. The first-order chi connectivity index (χ1) is 8.83. The summed E-state index contributed by atoms with van der Waals surface area (Å²) in [5, 5.41) is 2.56. The van der Waals surface area contributed by atoms with E-state index in [1.54, 1.807) is 49.9 Å². The van der Waals surface area contributed by atoms with E-state index in [0.29, 0.717) is 0 Å². The number of ether oxygens (including phenoxy) is 2. The molecule has 0 saturated heterocycles. The molecule has 19 heavy (non-hydrogen) atoms. The second-order valence-corrected chi connectivity index (χ2v) is 5.05. The van der Waals surface area contributed by atoms with Crippen molar-refractivity contribution in [3.8, 4) is 0 Å². The molecule has 0 saturated carbocycles. The van der Waals surface area contributed by atoms with Gasteiger partial charge in [-0.05, 0) is 32.9 Å². The summed E-state index contributed by atoms with van der Waals surface area (Å²) >= 11 is 0. The van der Waals surface area contributed by atoms with Crippen molar-refractivity contribution in [2.24, 2.45) is 0 Å². The van der Waals surface area contributed by atoms with Crippen LogP contribution in [0.1, 0.15) is 26.8 Å². The maximum atomic E-state index is 11.7. The van der Waals surface area contributed by atoms with Gasteiger partial charge in [-0.25, -0.2) is 9.59 Å². The molecule has 1 amide bonds. The number of amides is 1. The Hall–Kier alpha value is -1.98. The molecular formula is C13H20N2O4. The molecule has 1 aromatic rings. The van der Waals surface area contributed by atoms with Gasteiger partial charge in [0.15, 0.2) is 0 Å². The summed E-state index contributed by atoms with van der Waals surface area (Å²) in [6, 6.07) is 2.99. The fraction of sp³-hybridized carbons (Fsp3) is 0.538. The van der Waals surface area contributed by atoms with Crippen LogP contribution in [0.5, 0.6) is 0 Å². The summed E-state index contributed by atoms with van der Waals surface area (Å²) in [5.41, 5.74) is -0.571. The summed E-state index contributed by atoms with van der Waals surface area (Å²) in [4.78, 5) is 23.2. The molecule has 1 heterocycles. The van der Waals surface area contributed by atoms with E-state index in [4.69, 9.17) is 9.47 Å². The van der Waals surface area contributed by atoms with E-state index < -0.39 is 23.7 Å². The lowest BCUT2D eigenvalue weighted by Gasteiger charge is -2.21. The number of nitrogens with one attached hydrogen (secondary N) is 1. The van der Waals surface area contributed by atoms with Crippen LogP contribution < -0.4 is 5.32 Å². The highest BCUT2D eigenvalue weighted by atomic mass is 16.6. The van der Waals surface area contributed by atoms with Gasteiger partial charge < -0.3 is 19.4 Å². The molecular weight excluding hydrogens is 248 g/mol. The van der Waals surface area contributed by atoms with Crippen molar-refractivity contribution in [2.45, 2.75) is 32.4 Å². The Bertz CT molecular complexity index is 420. The first kappa shape index (κ1) is 15.1. The average Bonchev–Trinajstić information content (AvgIpc) is 2.80. The first-order valence-electron chi connectivity index (χ1n) is 6.00. The molecule has 0 spiro atoms. The second-order valence-electron chi connectivity index (χ2n) is 5.05. The monoisotopic (exact) mass is 268 g/mol. The van der Waals surface area contributed by atoms with E-state index in [1.807, 2.05) is 0 Å². The topological polar surface area (TPSA) is 69.6 Å². The van der Waals surface area contributed by atoms with E-state index in [2.05, 4.69) is 5.32 Å². The number of carbonyl (C=O) groups excluding carboxylic acids is 2. The van der Waals surface area contributed by atoms with E-state index in [-0.39, 0.29) is 6.54 Å². The Kier molecular flexibility index (Phi) is 4.97. The number of nitrogens with zero attached hydrogens (tertiary/aromatic N) is 1. The van der Waals surface area contributed by atoms with Gasteiger partial charge in [0.05, 0.1) is 13.7 Å². The Labute approximate surface area is 112 Å². The molecule has 1 rings (SSSR count). The molecule has 0 aromatic carbocycles.